The summed E-state index contributed by atoms with van der Waals surface area (Å²) in [7, 11) is 0. The molecule has 0 saturated heterocycles. The summed E-state index contributed by atoms with van der Waals surface area (Å²) in [6.07, 6.45) is 9.44. The average molecular weight is 188 g/mol. The van der Waals surface area contributed by atoms with Gasteiger partial charge in [-0.05, 0) is 37.7 Å². The Labute approximate surface area is 84.9 Å². The molecule has 1 heteroatoms. The smallest absolute Gasteiger partial charge is 0.182 e. The highest BCUT2D eigenvalue weighted by molar-refractivity contribution is 6.09. The van der Waals surface area contributed by atoms with Crippen LogP contribution in [-0.2, 0) is 4.79 Å². The Kier molecular flexibility index (Phi) is 1.56. The summed E-state index contributed by atoms with van der Waals surface area (Å²) in [6.45, 7) is 4.05. The first kappa shape index (κ1) is 8.46. The van der Waals surface area contributed by atoms with E-state index in [1.54, 1.807) is 0 Å². The zero-order valence-corrected chi connectivity index (χ0v) is 8.51. The first-order valence-electron chi connectivity index (χ1n) is 5.70. The molecule has 0 heterocycles. The van der Waals surface area contributed by atoms with Crippen LogP contribution in [-0.4, -0.2) is 5.78 Å². The van der Waals surface area contributed by atoms with Gasteiger partial charge in [-0.2, -0.15) is 0 Å². The van der Waals surface area contributed by atoms with Crippen molar-refractivity contribution in [2.75, 3.05) is 0 Å². The van der Waals surface area contributed by atoms with Crippen LogP contribution >= 0.6 is 0 Å². The zero-order chi connectivity index (χ0) is 9.76. The van der Waals surface area contributed by atoms with Crippen molar-refractivity contribution in [3.05, 3.63) is 23.8 Å². The predicted octanol–water partition coefficient (Wildman–Crippen LogP) is 3.02. The second-order valence-electron chi connectivity index (χ2n) is 4.97. The molecule has 2 atom stereocenters. The highest BCUT2D eigenvalue weighted by Crippen LogP contribution is 2.61. The fourth-order valence-electron chi connectivity index (χ4n) is 3.87. The molecule has 0 N–H and O–H groups in total. The number of hydrogen-bond donors (Lipinski definition) is 0. The van der Waals surface area contributed by atoms with Crippen LogP contribution in [0.15, 0.2) is 23.8 Å². The Hall–Kier alpha value is -0.850. The summed E-state index contributed by atoms with van der Waals surface area (Å²) in [6, 6.07) is 0. The van der Waals surface area contributed by atoms with E-state index in [0.29, 0.717) is 0 Å². The van der Waals surface area contributed by atoms with Gasteiger partial charge in [-0.1, -0.05) is 25.0 Å². The van der Waals surface area contributed by atoms with Crippen molar-refractivity contribution in [3.63, 3.8) is 0 Å². The molecule has 1 spiro atoms. The Morgan fingerprint density at radius 3 is 3.07 bits per heavy atom. The topological polar surface area (TPSA) is 17.1 Å². The van der Waals surface area contributed by atoms with E-state index in [1.165, 1.54) is 37.7 Å². The van der Waals surface area contributed by atoms with E-state index in [2.05, 4.69) is 6.58 Å². The molecule has 0 aromatic carbocycles. The third-order valence-electron chi connectivity index (χ3n) is 4.55. The molecule has 0 aromatic rings. The highest BCUT2D eigenvalue weighted by Gasteiger charge is 2.53. The van der Waals surface area contributed by atoms with Gasteiger partial charge in [0.1, 0.15) is 0 Å². The minimum absolute atomic E-state index is 0.148. The average Bonchev–Trinajstić information content (AvgIpc) is 2.66. The number of carbonyl (C=O) groups is 1. The number of rotatable bonds is 0. The maximum Gasteiger partial charge on any atom is 0.182 e. The zero-order valence-electron chi connectivity index (χ0n) is 8.51. The second-order valence-corrected chi connectivity index (χ2v) is 4.97. The molecule has 0 aliphatic heterocycles. The van der Waals surface area contributed by atoms with E-state index in [1.807, 2.05) is 6.08 Å². The number of hydrogen-bond acceptors (Lipinski definition) is 1. The van der Waals surface area contributed by atoms with Crippen LogP contribution in [0.3, 0.4) is 0 Å². The fourth-order valence-corrected chi connectivity index (χ4v) is 3.87. The van der Waals surface area contributed by atoms with Crippen LogP contribution in [0.5, 0.6) is 0 Å². The monoisotopic (exact) mass is 188 g/mol. The Morgan fingerprint density at radius 1 is 1.36 bits per heavy atom. The van der Waals surface area contributed by atoms with Crippen molar-refractivity contribution >= 4 is 5.78 Å². The van der Waals surface area contributed by atoms with Gasteiger partial charge in [0, 0.05) is 11.0 Å². The summed E-state index contributed by atoms with van der Waals surface area (Å²) in [5.74, 6) is 0.952. The van der Waals surface area contributed by atoms with E-state index in [9.17, 15) is 4.79 Å². The van der Waals surface area contributed by atoms with Crippen LogP contribution in [0, 0.1) is 11.3 Å². The standard InChI is InChI=1S/C13H16O/c1-9-12(14)8-11-6-5-10-4-2-3-7-13(9,10)11/h8,10H,1-7H2. The molecular formula is C13H16O. The maximum atomic E-state index is 11.7. The summed E-state index contributed by atoms with van der Waals surface area (Å²) in [5, 5.41) is 0. The number of ketones is 1. The van der Waals surface area contributed by atoms with Crippen LogP contribution in [0.2, 0.25) is 0 Å². The van der Waals surface area contributed by atoms with E-state index < -0.39 is 0 Å². The number of allylic oxidation sites excluding steroid dienone is 3. The lowest BCUT2D eigenvalue weighted by Gasteiger charge is -2.38. The summed E-state index contributed by atoms with van der Waals surface area (Å²) >= 11 is 0. The molecule has 1 nitrogen and oxygen atoms in total. The van der Waals surface area contributed by atoms with Gasteiger partial charge in [0.2, 0.25) is 0 Å². The lowest BCUT2D eigenvalue weighted by molar-refractivity contribution is -0.111. The van der Waals surface area contributed by atoms with Gasteiger partial charge in [0.05, 0.1) is 0 Å². The molecule has 2 unspecified atom stereocenters. The normalized spacial score (nSPS) is 40.9. The van der Waals surface area contributed by atoms with Crippen molar-refractivity contribution in [2.24, 2.45) is 11.3 Å². The van der Waals surface area contributed by atoms with E-state index in [4.69, 9.17) is 0 Å². The Balaban J connectivity index is 2.11. The maximum absolute atomic E-state index is 11.7. The van der Waals surface area contributed by atoms with Gasteiger partial charge >= 0.3 is 0 Å². The van der Waals surface area contributed by atoms with Gasteiger partial charge < -0.3 is 0 Å². The molecule has 3 rings (SSSR count). The van der Waals surface area contributed by atoms with Crippen LogP contribution in [0.25, 0.3) is 0 Å². The Bertz CT molecular complexity index is 350. The van der Waals surface area contributed by atoms with Crippen LogP contribution < -0.4 is 0 Å². The second kappa shape index (κ2) is 2.59. The molecule has 0 aromatic heterocycles. The molecule has 74 valence electrons. The first-order valence-corrected chi connectivity index (χ1v) is 5.70. The fraction of sp³-hybridized carbons (Fsp3) is 0.615. The molecule has 3 aliphatic carbocycles. The van der Waals surface area contributed by atoms with Crippen molar-refractivity contribution in [3.8, 4) is 0 Å². The highest BCUT2D eigenvalue weighted by atomic mass is 16.1. The SMILES string of the molecule is C=C1C(=O)C=C2CCC3CCCCC123. The third kappa shape index (κ3) is 0.789. The third-order valence-corrected chi connectivity index (χ3v) is 4.55. The van der Waals surface area contributed by atoms with Crippen LogP contribution in [0.1, 0.15) is 38.5 Å². The van der Waals surface area contributed by atoms with Crippen LogP contribution in [0.4, 0.5) is 0 Å². The predicted molar refractivity (Wildman–Crippen MR) is 55.9 cm³/mol. The minimum Gasteiger partial charge on any atom is -0.290 e. The van der Waals surface area contributed by atoms with Gasteiger partial charge in [0.15, 0.2) is 5.78 Å². The Morgan fingerprint density at radius 2 is 2.21 bits per heavy atom. The quantitative estimate of drug-likeness (QED) is 0.534. The van der Waals surface area contributed by atoms with Crippen molar-refractivity contribution < 1.29 is 4.79 Å². The van der Waals surface area contributed by atoms with Gasteiger partial charge in [-0.3, -0.25) is 4.79 Å². The van der Waals surface area contributed by atoms with Crippen molar-refractivity contribution in [2.45, 2.75) is 38.5 Å². The summed E-state index contributed by atoms with van der Waals surface area (Å²) in [5.41, 5.74) is 2.47. The first-order chi connectivity index (χ1) is 6.75. The van der Waals surface area contributed by atoms with Gasteiger partial charge in [-0.15, -0.1) is 0 Å². The van der Waals surface area contributed by atoms with Gasteiger partial charge in [0.25, 0.3) is 0 Å². The van der Waals surface area contributed by atoms with E-state index in [0.717, 1.165) is 17.9 Å². The lowest BCUT2D eigenvalue weighted by Crippen LogP contribution is -2.31. The molecule has 14 heavy (non-hydrogen) atoms. The van der Waals surface area contributed by atoms with E-state index >= 15 is 0 Å². The molecule has 0 radical (unpaired) electrons. The number of carbonyl (C=O) groups excluding carboxylic acids is 1. The minimum atomic E-state index is 0.148. The largest absolute Gasteiger partial charge is 0.290 e. The van der Waals surface area contributed by atoms with E-state index in [-0.39, 0.29) is 11.2 Å². The summed E-state index contributed by atoms with van der Waals surface area (Å²) in [4.78, 5) is 11.7. The summed E-state index contributed by atoms with van der Waals surface area (Å²) < 4.78 is 0. The van der Waals surface area contributed by atoms with Crippen molar-refractivity contribution in [1.82, 2.24) is 0 Å². The molecular weight excluding hydrogens is 172 g/mol. The molecule has 0 amide bonds. The molecule has 0 bridgehead atoms. The van der Waals surface area contributed by atoms with Gasteiger partial charge in [-0.25, -0.2) is 0 Å². The molecule has 2 fully saturated rings. The molecule has 3 aliphatic rings. The lowest BCUT2D eigenvalue weighted by atomic mass is 9.64. The molecule has 2 saturated carbocycles. The van der Waals surface area contributed by atoms with Crippen molar-refractivity contribution in [1.29, 1.82) is 0 Å².